The van der Waals surface area contributed by atoms with E-state index in [-0.39, 0.29) is 29.5 Å². The summed E-state index contributed by atoms with van der Waals surface area (Å²) < 4.78 is 5.41. The van der Waals surface area contributed by atoms with Gasteiger partial charge < -0.3 is 15.4 Å². The minimum absolute atomic E-state index is 0. The average Bonchev–Trinajstić information content (AvgIpc) is 2.65. The van der Waals surface area contributed by atoms with Crippen LogP contribution in [0.25, 0.3) is 0 Å². The number of ether oxygens (including phenoxy) is 1. The first-order valence-corrected chi connectivity index (χ1v) is 9.46. The highest BCUT2D eigenvalue weighted by Crippen LogP contribution is 2.20. The Labute approximate surface area is 176 Å². The van der Waals surface area contributed by atoms with Crippen LogP contribution in [-0.4, -0.2) is 49.7 Å². The quantitative estimate of drug-likeness (QED) is 0.360. The van der Waals surface area contributed by atoms with Gasteiger partial charge in [-0.1, -0.05) is 24.6 Å². The molecular weight excluding hydrogens is 439 g/mol. The molecule has 0 unspecified atom stereocenters. The minimum atomic E-state index is 0. The monoisotopic (exact) mass is 474 g/mol. The van der Waals surface area contributed by atoms with E-state index in [4.69, 9.17) is 9.73 Å². The number of benzene rings is 1. The highest BCUT2D eigenvalue weighted by Gasteiger charge is 2.27. The van der Waals surface area contributed by atoms with E-state index in [1.54, 1.807) is 7.11 Å². The van der Waals surface area contributed by atoms with E-state index < -0.39 is 0 Å². The molecule has 0 aromatic heterocycles. The Balaban J connectivity index is 0.00000338. The smallest absolute Gasteiger partial charge is 0.191 e. The number of nitrogens with zero attached hydrogens (tertiary/aromatic N) is 2. The van der Waals surface area contributed by atoms with Gasteiger partial charge in [-0.25, -0.2) is 4.99 Å². The van der Waals surface area contributed by atoms with Gasteiger partial charge in [0.25, 0.3) is 0 Å². The molecule has 148 valence electrons. The minimum Gasteiger partial charge on any atom is -0.496 e. The van der Waals surface area contributed by atoms with Gasteiger partial charge in [0.05, 0.1) is 13.7 Å². The zero-order valence-corrected chi connectivity index (χ0v) is 19.0. The maximum atomic E-state index is 5.41. The van der Waals surface area contributed by atoms with Crippen LogP contribution in [-0.2, 0) is 6.54 Å². The Morgan fingerprint density at radius 1 is 1.15 bits per heavy atom. The van der Waals surface area contributed by atoms with Crippen molar-refractivity contribution in [1.29, 1.82) is 0 Å². The number of rotatable bonds is 7. The van der Waals surface area contributed by atoms with Gasteiger partial charge in [-0.05, 0) is 52.8 Å². The van der Waals surface area contributed by atoms with Gasteiger partial charge in [-0.15, -0.1) is 24.0 Å². The summed E-state index contributed by atoms with van der Waals surface area (Å²) in [5.41, 5.74) is 1.22. The van der Waals surface area contributed by atoms with Crippen molar-refractivity contribution in [2.75, 3.05) is 33.3 Å². The van der Waals surface area contributed by atoms with E-state index in [9.17, 15) is 0 Å². The zero-order chi connectivity index (χ0) is 18.1. The lowest BCUT2D eigenvalue weighted by atomic mass is 9.98. The molecule has 0 saturated carbocycles. The lowest BCUT2D eigenvalue weighted by Gasteiger charge is -2.41. The number of para-hydroxylation sites is 1. The number of piperidine rings is 1. The highest BCUT2D eigenvalue weighted by molar-refractivity contribution is 14.0. The fourth-order valence-electron chi connectivity index (χ4n) is 3.25. The molecule has 1 aromatic rings. The van der Waals surface area contributed by atoms with Crippen molar-refractivity contribution < 1.29 is 4.74 Å². The third kappa shape index (κ3) is 6.95. The van der Waals surface area contributed by atoms with Crippen molar-refractivity contribution in [2.45, 2.75) is 52.1 Å². The second-order valence-electron chi connectivity index (χ2n) is 7.22. The van der Waals surface area contributed by atoms with Gasteiger partial charge in [0, 0.05) is 24.2 Å². The molecule has 1 fully saturated rings. The van der Waals surface area contributed by atoms with E-state index in [2.05, 4.69) is 42.4 Å². The molecule has 26 heavy (non-hydrogen) atoms. The molecule has 1 aliphatic rings. The van der Waals surface area contributed by atoms with E-state index in [1.807, 2.05) is 18.2 Å². The van der Waals surface area contributed by atoms with Crippen molar-refractivity contribution in [3.8, 4) is 5.75 Å². The number of aliphatic imine (C=N–C) groups is 1. The molecule has 1 aromatic carbocycles. The van der Waals surface area contributed by atoms with Gasteiger partial charge in [-0.3, -0.25) is 4.90 Å². The van der Waals surface area contributed by atoms with Gasteiger partial charge in [0.1, 0.15) is 5.75 Å². The first kappa shape index (κ1) is 23.0. The van der Waals surface area contributed by atoms with Crippen molar-refractivity contribution in [1.82, 2.24) is 15.5 Å². The summed E-state index contributed by atoms with van der Waals surface area (Å²) in [5, 5.41) is 6.87. The molecule has 0 spiro atoms. The second kappa shape index (κ2) is 11.6. The topological polar surface area (TPSA) is 48.9 Å². The van der Waals surface area contributed by atoms with E-state index >= 15 is 0 Å². The number of hydrogen-bond donors (Lipinski definition) is 2. The van der Waals surface area contributed by atoms with Crippen LogP contribution in [0.4, 0.5) is 0 Å². The molecule has 0 radical (unpaired) electrons. The van der Waals surface area contributed by atoms with Gasteiger partial charge >= 0.3 is 0 Å². The molecule has 0 atom stereocenters. The Hall–Kier alpha value is -1.02. The Morgan fingerprint density at radius 2 is 1.85 bits per heavy atom. The third-order valence-corrected chi connectivity index (χ3v) is 4.84. The molecule has 1 aliphatic heterocycles. The van der Waals surface area contributed by atoms with Gasteiger partial charge in [0.2, 0.25) is 0 Å². The number of nitrogens with one attached hydrogen (secondary N) is 2. The van der Waals surface area contributed by atoms with Crippen molar-refractivity contribution in [3.05, 3.63) is 29.8 Å². The predicted molar refractivity (Wildman–Crippen MR) is 121 cm³/mol. The largest absolute Gasteiger partial charge is 0.496 e. The SMILES string of the molecule is CCNC(=NCc1ccccc1OC)NCC(C)(C)N1CCCCC1.I. The Morgan fingerprint density at radius 3 is 2.50 bits per heavy atom. The summed E-state index contributed by atoms with van der Waals surface area (Å²) in [4.78, 5) is 7.33. The number of guanidine groups is 1. The summed E-state index contributed by atoms with van der Waals surface area (Å²) in [6.45, 7) is 11.4. The molecule has 0 bridgehead atoms. The van der Waals surface area contributed by atoms with Crippen LogP contribution in [0.5, 0.6) is 5.75 Å². The van der Waals surface area contributed by atoms with Crippen LogP contribution in [0.2, 0.25) is 0 Å². The van der Waals surface area contributed by atoms with E-state index in [0.29, 0.717) is 6.54 Å². The number of methoxy groups -OCH3 is 1. The standard InChI is InChI=1S/C20H34N4O.HI/c1-5-21-19(22-15-17-11-7-8-12-18(17)25-4)23-16-20(2,3)24-13-9-6-10-14-24;/h7-8,11-12H,5-6,9-10,13-16H2,1-4H3,(H2,21,22,23);1H. The number of hydrogen-bond acceptors (Lipinski definition) is 3. The lowest BCUT2D eigenvalue weighted by molar-refractivity contribution is 0.0982. The molecule has 0 aliphatic carbocycles. The lowest BCUT2D eigenvalue weighted by Crippen LogP contribution is -2.54. The van der Waals surface area contributed by atoms with Crippen molar-refractivity contribution in [3.63, 3.8) is 0 Å². The van der Waals surface area contributed by atoms with Crippen LogP contribution in [0.15, 0.2) is 29.3 Å². The highest BCUT2D eigenvalue weighted by atomic mass is 127. The summed E-state index contributed by atoms with van der Waals surface area (Å²) in [6, 6.07) is 8.04. The van der Waals surface area contributed by atoms with Crippen molar-refractivity contribution in [2.24, 2.45) is 4.99 Å². The summed E-state index contributed by atoms with van der Waals surface area (Å²) in [7, 11) is 1.70. The fraction of sp³-hybridized carbons (Fsp3) is 0.650. The molecule has 2 N–H and O–H groups in total. The molecule has 6 heteroatoms. The summed E-state index contributed by atoms with van der Waals surface area (Å²) in [5.74, 6) is 1.74. The van der Waals surface area contributed by atoms with Crippen LogP contribution >= 0.6 is 24.0 Å². The van der Waals surface area contributed by atoms with Crippen molar-refractivity contribution >= 4 is 29.9 Å². The first-order chi connectivity index (χ1) is 12.1. The molecular formula is C20H35IN4O. The Bertz CT molecular complexity index is 556. The summed E-state index contributed by atoms with van der Waals surface area (Å²) >= 11 is 0. The predicted octanol–water partition coefficient (Wildman–Crippen LogP) is 3.63. The average molecular weight is 474 g/mol. The Kier molecular flexibility index (Phi) is 10.3. The van der Waals surface area contributed by atoms with Crippen LogP contribution in [0.3, 0.4) is 0 Å². The molecule has 1 heterocycles. The fourth-order valence-corrected chi connectivity index (χ4v) is 3.25. The van der Waals surface area contributed by atoms with Crippen LogP contribution in [0.1, 0.15) is 45.6 Å². The summed E-state index contributed by atoms with van der Waals surface area (Å²) in [6.07, 6.45) is 3.99. The second-order valence-corrected chi connectivity index (χ2v) is 7.22. The normalized spacial score (nSPS) is 15.9. The van der Waals surface area contributed by atoms with Gasteiger partial charge in [0.15, 0.2) is 5.96 Å². The van der Waals surface area contributed by atoms with Gasteiger partial charge in [-0.2, -0.15) is 0 Å². The van der Waals surface area contributed by atoms with Crippen LogP contribution in [0, 0.1) is 0 Å². The van der Waals surface area contributed by atoms with E-state index in [1.165, 1.54) is 32.4 Å². The van der Waals surface area contributed by atoms with E-state index in [0.717, 1.165) is 30.4 Å². The molecule has 5 nitrogen and oxygen atoms in total. The molecule has 1 saturated heterocycles. The van der Waals surface area contributed by atoms with Crippen LogP contribution < -0.4 is 15.4 Å². The molecule has 0 amide bonds. The third-order valence-electron chi connectivity index (χ3n) is 4.84. The molecule has 2 rings (SSSR count). The number of likely N-dealkylation sites (tertiary alicyclic amines) is 1. The first-order valence-electron chi connectivity index (χ1n) is 9.46. The number of halogens is 1. The maximum Gasteiger partial charge on any atom is 0.191 e. The maximum absolute atomic E-state index is 5.41. The zero-order valence-electron chi connectivity index (χ0n) is 16.7.